The average molecular weight is 409 g/mol. The Bertz CT molecular complexity index is 1060. The highest BCUT2D eigenvalue weighted by molar-refractivity contribution is 5.91. The molecule has 8 nitrogen and oxygen atoms in total. The molecule has 4 heterocycles. The van der Waals surface area contributed by atoms with Crippen LogP contribution < -0.4 is 10.6 Å². The summed E-state index contributed by atoms with van der Waals surface area (Å²) in [5.74, 6) is 0.0537. The highest BCUT2D eigenvalue weighted by Crippen LogP contribution is 2.26. The maximum Gasteiger partial charge on any atom is 0.317 e. The van der Waals surface area contributed by atoms with Gasteiger partial charge in [-0.05, 0) is 44.2 Å². The van der Waals surface area contributed by atoms with E-state index < -0.39 is 5.82 Å². The number of carbonyl (C=O) groups excluding carboxylic acids is 1. The predicted octanol–water partition coefficient (Wildman–Crippen LogP) is 3.30. The van der Waals surface area contributed by atoms with Crippen molar-refractivity contribution < 1.29 is 9.18 Å². The molecule has 0 unspecified atom stereocenters. The van der Waals surface area contributed by atoms with Crippen LogP contribution in [-0.2, 0) is 0 Å². The number of carbonyl (C=O) groups is 1. The van der Waals surface area contributed by atoms with Crippen molar-refractivity contribution in [2.45, 2.75) is 44.2 Å². The molecular weight excluding hydrogens is 385 g/mol. The van der Waals surface area contributed by atoms with Crippen molar-refractivity contribution in [1.29, 1.82) is 0 Å². The summed E-state index contributed by atoms with van der Waals surface area (Å²) in [4.78, 5) is 30.4. The van der Waals surface area contributed by atoms with E-state index >= 15 is 0 Å². The maximum absolute atomic E-state index is 14.4. The minimum Gasteiger partial charge on any atom is -0.365 e. The van der Waals surface area contributed by atoms with E-state index in [1.165, 1.54) is 6.20 Å². The van der Waals surface area contributed by atoms with E-state index in [9.17, 15) is 9.18 Å². The first-order chi connectivity index (χ1) is 14.7. The van der Waals surface area contributed by atoms with Crippen molar-refractivity contribution in [1.82, 2.24) is 30.2 Å². The summed E-state index contributed by atoms with van der Waals surface area (Å²) in [7, 11) is 0. The molecule has 1 saturated heterocycles. The summed E-state index contributed by atoms with van der Waals surface area (Å²) in [5.41, 5.74) is 1.50. The van der Waals surface area contributed by atoms with Gasteiger partial charge in [-0.1, -0.05) is 0 Å². The van der Waals surface area contributed by atoms with Crippen molar-refractivity contribution in [3.63, 3.8) is 0 Å². The lowest BCUT2D eigenvalue weighted by molar-refractivity contribution is 0.155. The fraction of sp³-hybridized carbons (Fsp3) is 0.429. The minimum absolute atomic E-state index is 0.00704. The van der Waals surface area contributed by atoms with Gasteiger partial charge in [0.2, 0.25) is 0 Å². The summed E-state index contributed by atoms with van der Waals surface area (Å²) in [6.45, 7) is 1.17. The van der Waals surface area contributed by atoms with Gasteiger partial charge in [0.05, 0.1) is 12.2 Å². The molecule has 5 rings (SSSR count). The summed E-state index contributed by atoms with van der Waals surface area (Å²) in [5, 5.41) is 7.05. The number of fused-ring (bicyclic) bond motifs is 1. The molecule has 156 valence electrons. The number of aromatic nitrogens is 4. The zero-order valence-corrected chi connectivity index (χ0v) is 16.6. The van der Waals surface area contributed by atoms with Gasteiger partial charge in [-0.3, -0.25) is 0 Å². The molecule has 2 fully saturated rings. The minimum atomic E-state index is -0.512. The van der Waals surface area contributed by atoms with Gasteiger partial charge >= 0.3 is 6.03 Å². The summed E-state index contributed by atoms with van der Waals surface area (Å²) >= 11 is 0. The zero-order chi connectivity index (χ0) is 20.5. The number of urea groups is 1. The average Bonchev–Trinajstić information content (AvgIpc) is 3.48. The number of hydrogen-bond acceptors (Lipinski definition) is 5. The highest BCUT2D eigenvalue weighted by atomic mass is 19.1. The lowest BCUT2D eigenvalue weighted by Gasteiger charge is -2.36. The van der Waals surface area contributed by atoms with E-state index in [-0.39, 0.29) is 17.9 Å². The van der Waals surface area contributed by atoms with Crippen molar-refractivity contribution in [3.05, 3.63) is 36.5 Å². The Labute approximate surface area is 173 Å². The van der Waals surface area contributed by atoms with Crippen LogP contribution in [0.15, 0.2) is 30.7 Å². The van der Waals surface area contributed by atoms with Crippen molar-refractivity contribution in [2.75, 3.05) is 18.4 Å². The zero-order valence-electron chi connectivity index (χ0n) is 16.6. The number of nitrogens with one attached hydrogen (secondary N) is 3. The Morgan fingerprint density at radius 2 is 2.17 bits per heavy atom. The number of amides is 2. The second kappa shape index (κ2) is 7.89. The maximum atomic E-state index is 14.4. The van der Waals surface area contributed by atoms with Crippen molar-refractivity contribution in [2.24, 2.45) is 0 Å². The number of rotatable bonds is 5. The van der Waals surface area contributed by atoms with Gasteiger partial charge in [0.25, 0.3) is 0 Å². The first-order valence-electron chi connectivity index (χ1n) is 10.4. The van der Waals surface area contributed by atoms with Gasteiger partial charge in [-0.15, -0.1) is 0 Å². The van der Waals surface area contributed by atoms with Gasteiger partial charge in [0.15, 0.2) is 17.5 Å². The van der Waals surface area contributed by atoms with Gasteiger partial charge in [-0.25, -0.2) is 24.1 Å². The first-order valence-corrected chi connectivity index (χ1v) is 10.4. The van der Waals surface area contributed by atoms with Crippen LogP contribution in [0.2, 0.25) is 0 Å². The molecule has 0 radical (unpaired) electrons. The fourth-order valence-electron chi connectivity index (χ4n) is 3.94. The smallest absolute Gasteiger partial charge is 0.317 e. The third kappa shape index (κ3) is 3.79. The third-order valence-electron chi connectivity index (χ3n) is 5.73. The second-order valence-corrected chi connectivity index (χ2v) is 7.94. The number of H-pyrrole nitrogens is 1. The van der Waals surface area contributed by atoms with Crippen LogP contribution in [0.4, 0.5) is 15.0 Å². The molecule has 0 spiro atoms. The molecule has 1 aliphatic carbocycles. The Morgan fingerprint density at radius 1 is 1.27 bits per heavy atom. The molecule has 2 aliphatic rings. The van der Waals surface area contributed by atoms with E-state index in [1.807, 2.05) is 17.0 Å². The van der Waals surface area contributed by atoms with E-state index in [4.69, 9.17) is 0 Å². The summed E-state index contributed by atoms with van der Waals surface area (Å²) < 4.78 is 14.4. The van der Waals surface area contributed by atoms with Gasteiger partial charge in [-0.2, -0.15) is 0 Å². The van der Waals surface area contributed by atoms with Crippen LogP contribution >= 0.6 is 0 Å². The lowest BCUT2D eigenvalue weighted by atomic mass is 10.0. The number of piperidine rings is 1. The molecule has 9 heteroatoms. The van der Waals surface area contributed by atoms with Crippen LogP contribution in [-0.4, -0.2) is 56.0 Å². The van der Waals surface area contributed by atoms with Crippen LogP contribution in [0.5, 0.6) is 0 Å². The fourth-order valence-corrected chi connectivity index (χ4v) is 3.94. The quantitative estimate of drug-likeness (QED) is 0.601. The Morgan fingerprint density at radius 3 is 3.03 bits per heavy atom. The number of anilines is 1. The Kier molecular flexibility index (Phi) is 4.94. The number of aromatic amines is 1. The van der Waals surface area contributed by atoms with Crippen molar-refractivity contribution in [3.8, 4) is 11.4 Å². The molecular formula is C21H24FN7O. The highest BCUT2D eigenvalue weighted by Gasteiger charge is 2.31. The number of hydrogen-bond donors (Lipinski definition) is 3. The molecule has 3 N–H and O–H groups in total. The van der Waals surface area contributed by atoms with Gasteiger partial charge < -0.3 is 20.5 Å². The van der Waals surface area contributed by atoms with E-state index in [0.717, 1.165) is 55.2 Å². The molecule has 0 bridgehead atoms. The van der Waals surface area contributed by atoms with Crippen LogP contribution in [0, 0.1) is 5.82 Å². The second-order valence-electron chi connectivity index (χ2n) is 7.94. The van der Waals surface area contributed by atoms with Gasteiger partial charge in [0, 0.05) is 42.5 Å². The molecule has 2 amide bonds. The van der Waals surface area contributed by atoms with Gasteiger partial charge in [0.1, 0.15) is 5.65 Å². The molecule has 1 saturated carbocycles. The Balaban J connectivity index is 1.33. The SMILES string of the molecule is O=C(NC1CC1)N1CCCC[C@@H]1CNc1nc(-c2c[nH]c3ncccc23)ncc1F. The molecule has 1 atom stereocenters. The normalized spacial score (nSPS) is 19.1. The summed E-state index contributed by atoms with van der Waals surface area (Å²) in [6.07, 6.45) is 9.71. The van der Waals surface area contributed by atoms with E-state index in [0.29, 0.717) is 18.4 Å². The van der Waals surface area contributed by atoms with E-state index in [1.54, 1.807) is 12.4 Å². The molecule has 0 aromatic carbocycles. The molecule has 30 heavy (non-hydrogen) atoms. The van der Waals surface area contributed by atoms with Crippen LogP contribution in [0.25, 0.3) is 22.4 Å². The monoisotopic (exact) mass is 409 g/mol. The number of likely N-dealkylation sites (tertiary alicyclic amines) is 1. The predicted molar refractivity (Wildman–Crippen MR) is 111 cm³/mol. The third-order valence-corrected chi connectivity index (χ3v) is 5.73. The molecule has 1 aliphatic heterocycles. The molecule has 3 aromatic rings. The summed E-state index contributed by atoms with van der Waals surface area (Å²) in [6, 6.07) is 4.08. The first kappa shape index (κ1) is 18.8. The Hall–Kier alpha value is -3.23. The van der Waals surface area contributed by atoms with E-state index in [2.05, 4.69) is 30.6 Å². The van der Waals surface area contributed by atoms with Crippen molar-refractivity contribution >= 4 is 22.9 Å². The number of halogens is 1. The number of nitrogens with zero attached hydrogens (tertiary/aromatic N) is 4. The van der Waals surface area contributed by atoms with Crippen LogP contribution in [0.1, 0.15) is 32.1 Å². The number of pyridine rings is 1. The van der Waals surface area contributed by atoms with Crippen LogP contribution in [0.3, 0.4) is 0 Å². The lowest BCUT2D eigenvalue weighted by Crippen LogP contribution is -2.51. The topological polar surface area (TPSA) is 98.8 Å². The molecule has 3 aromatic heterocycles. The largest absolute Gasteiger partial charge is 0.365 e. The standard InChI is InChI=1S/C21H24FN7O/c22-17-12-26-19(16-11-25-18-15(16)5-3-8-23-18)28-20(17)24-10-14-4-1-2-9-29(14)21(30)27-13-6-7-13/h3,5,8,11-14H,1-2,4,6-7,9-10H2,(H,23,25)(H,27,30)(H,24,26,28)/t14-/m1/s1.